The lowest BCUT2D eigenvalue weighted by molar-refractivity contribution is 0.0667. The maximum Gasteiger partial charge on any atom is 0.160 e. The molecular weight excluding hydrogens is 266 g/mol. The molecule has 0 amide bonds. The van der Waals surface area contributed by atoms with Gasteiger partial charge in [0.15, 0.2) is 5.65 Å². The molecule has 0 atom stereocenters. The van der Waals surface area contributed by atoms with E-state index in [9.17, 15) is 0 Å². The second kappa shape index (κ2) is 6.84. The van der Waals surface area contributed by atoms with Crippen LogP contribution < -0.4 is 0 Å². The van der Waals surface area contributed by atoms with Gasteiger partial charge in [-0.2, -0.15) is 0 Å². The minimum absolute atomic E-state index is 0.369. The standard InChI is InChI=1S/C13H18ClN3O2/c1-10-3-4-15-13-12(10)16-11(9-14)17(13)5-6-19-8-7-18-2/h3-4H,5-9H2,1-2H3. The van der Waals surface area contributed by atoms with Gasteiger partial charge in [-0.25, -0.2) is 9.97 Å². The van der Waals surface area contributed by atoms with E-state index in [1.165, 1.54) is 0 Å². The van der Waals surface area contributed by atoms with Gasteiger partial charge >= 0.3 is 0 Å². The number of pyridine rings is 1. The first-order chi connectivity index (χ1) is 9.27. The molecule has 2 heterocycles. The van der Waals surface area contributed by atoms with Crippen molar-refractivity contribution in [1.29, 1.82) is 0 Å². The van der Waals surface area contributed by atoms with Crippen LogP contribution in [0.5, 0.6) is 0 Å². The lowest BCUT2D eigenvalue weighted by Gasteiger charge is -2.07. The van der Waals surface area contributed by atoms with E-state index in [1.54, 1.807) is 13.3 Å². The van der Waals surface area contributed by atoms with Crippen molar-refractivity contribution in [3.8, 4) is 0 Å². The topological polar surface area (TPSA) is 49.2 Å². The molecule has 19 heavy (non-hydrogen) atoms. The van der Waals surface area contributed by atoms with Gasteiger partial charge in [-0.1, -0.05) is 0 Å². The van der Waals surface area contributed by atoms with Gasteiger partial charge in [0.05, 0.1) is 25.7 Å². The second-order valence-electron chi connectivity index (χ2n) is 4.22. The van der Waals surface area contributed by atoms with Crippen LogP contribution in [0.3, 0.4) is 0 Å². The summed E-state index contributed by atoms with van der Waals surface area (Å²) in [5.41, 5.74) is 2.89. The number of aryl methyl sites for hydroxylation is 1. The molecule has 0 unspecified atom stereocenters. The van der Waals surface area contributed by atoms with Crippen LogP contribution in [0.25, 0.3) is 11.2 Å². The molecule has 0 aromatic carbocycles. The zero-order valence-electron chi connectivity index (χ0n) is 11.2. The Morgan fingerprint density at radius 3 is 2.89 bits per heavy atom. The van der Waals surface area contributed by atoms with E-state index >= 15 is 0 Å². The van der Waals surface area contributed by atoms with Crippen LogP contribution >= 0.6 is 11.6 Å². The minimum atomic E-state index is 0.369. The molecule has 5 nitrogen and oxygen atoms in total. The monoisotopic (exact) mass is 283 g/mol. The average Bonchev–Trinajstić information content (AvgIpc) is 2.78. The fourth-order valence-corrected chi connectivity index (χ4v) is 2.12. The number of alkyl halides is 1. The van der Waals surface area contributed by atoms with Crippen molar-refractivity contribution < 1.29 is 9.47 Å². The van der Waals surface area contributed by atoms with Crippen molar-refractivity contribution in [2.24, 2.45) is 0 Å². The molecule has 2 rings (SSSR count). The molecule has 0 aliphatic heterocycles. The number of aromatic nitrogens is 3. The highest BCUT2D eigenvalue weighted by molar-refractivity contribution is 6.16. The maximum atomic E-state index is 5.95. The van der Waals surface area contributed by atoms with E-state index in [-0.39, 0.29) is 0 Å². The summed E-state index contributed by atoms with van der Waals surface area (Å²) in [4.78, 5) is 8.92. The Balaban J connectivity index is 2.14. The molecule has 104 valence electrons. The van der Waals surface area contributed by atoms with Crippen LogP contribution in [0, 0.1) is 6.92 Å². The molecule has 0 fully saturated rings. The van der Waals surface area contributed by atoms with Gasteiger partial charge in [-0.3, -0.25) is 0 Å². The predicted molar refractivity (Wildman–Crippen MR) is 74.5 cm³/mol. The number of ether oxygens (including phenoxy) is 2. The third-order valence-corrected chi connectivity index (χ3v) is 3.16. The Morgan fingerprint density at radius 1 is 1.32 bits per heavy atom. The first-order valence-corrected chi connectivity index (χ1v) is 6.74. The van der Waals surface area contributed by atoms with E-state index in [4.69, 9.17) is 21.1 Å². The highest BCUT2D eigenvalue weighted by Crippen LogP contribution is 2.18. The van der Waals surface area contributed by atoms with Gasteiger partial charge in [-0.05, 0) is 18.6 Å². The Kier molecular flexibility index (Phi) is 5.13. The van der Waals surface area contributed by atoms with Gasteiger partial charge in [-0.15, -0.1) is 11.6 Å². The van der Waals surface area contributed by atoms with E-state index in [0.717, 1.165) is 22.6 Å². The summed E-state index contributed by atoms with van der Waals surface area (Å²) in [6.07, 6.45) is 1.79. The van der Waals surface area contributed by atoms with Gasteiger partial charge in [0.1, 0.15) is 11.3 Å². The largest absolute Gasteiger partial charge is 0.382 e. The van der Waals surface area contributed by atoms with E-state index in [1.807, 2.05) is 17.6 Å². The van der Waals surface area contributed by atoms with Crippen LogP contribution in [-0.4, -0.2) is 41.5 Å². The van der Waals surface area contributed by atoms with Gasteiger partial charge in [0, 0.05) is 19.9 Å². The summed E-state index contributed by atoms with van der Waals surface area (Å²) in [5, 5.41) is 0. The van der Waals surface area contributed by atoms with Crippen LogP contribution in [-0.2, 0) is 21.9 Å². The summed E-state index contributed by atoms with van der Waals surface area (Å²) < 4.78 is 12.4. The maximum absolute atomic E-state index is 5.95. The van der Waals surface area contributed by atoms with Crippen molar-refractivity contribution in [1.82, 2.24) is 14.5 Å². The third-order valence-electron chi connectivity index (χ3n) is 2.93. The van der Waals surface area contributed by atoms with Crippen molar-refractivity contribution in [2.45, 2.75) is 19.3 Å². The highest BCUT2D eigenvalue weighted by Gasteiger charge is 2.12. The molecule has 0 saturated heterocycles. The first-order valence-electron chi connectivity index (χ1n) is 6.21. The lowest BCUT2D eigenvalue weighted by atomic mass is 10.3. The second-order valence-corrected chi connectivity index (χ2v) is 4.49. The molecule has 2 aromatic heterocycles. The van der Waals surface area contributed by atoms with Crippen LogP contribution in [0.2, 0.25) is 0 Å². The van der Waals surface area contributed by atoms with Crippen LogP contribution in [0.4, 0.5) is 0 Å². The molecule has 0 aliphatic carbocycles. The van der Waals surface area contributed by atoms with Gasteiger partial charge < -0.3 is 14.0 Å². The minimum Gasteiger partial charge on any atom is -0.382 e. The summed E-state index contributed by atoms with van der Waals surface area (Å²) in [7, 11) is 1.66. The molecule has 0 aliphatic rings. The van der Waals surface area contributed by atoms with Crippen molar-refractivity contribution in [2.75, 3.05) is 26.9 Å². The molecule has 0 saturated carbocycles. The fraction of sp³-hybridized carbons (Fsp3) is 0.538. The number of hydrogen-bond donors (Lipinski definition) is 0. The molecule has 0 radical (unpaired) electrons. The summed E-state index contributed by atoms with van der Waals surface area (Å²) in [6, 6.07) is 1.95. The summed E-state index contributed by atoms with van der Waals surface area (Å²) in [6.45, 7) is 4.50. The number of fused-ring (bicyclic) bond motifs is 1. The van der Waals surface area contributed by atoms with Crippen molar-refractivity contribution in [3.05, 3.63) is 23.7 Å². The number of imidazole rings is 1. The quantitative estimate of drug-likeness (QED) is 0.577. The molecule has 0 spiro atoms. The summed E-state index contributed by atoms with van der Waals surface area (Å²) in [5.74, 6) is 1.20. The zero-order valence-corrected chi connectivity index (χ0v) is 12.0. The van der Waals surface area contributed by atoms with Crippen molar-refractivity contribution >= 4 is 22.8 Å². The SMILES string of the molecule is COCCOCCn1c(CCl)nc2c(C)ccnc21. The normalized spacial score (nSPS) is 11.3. The molecule has 0 N–H and O–H groups in total. The van der Waals surface area contributed by atoms with E-state index in [0.29, 0.717) is 32.2 Å². The number of methoxy groups -OCH3 is 1. The number of nitrogens with zero attached hydrogens (tertiary/aromatic N) is 3. The Labute approximate surface area is 117 Å². The molecule has 2 aromatic rings. The number of hydrogen-bond acceptors (Lipinski definition) is 4. The lowest BCUT2D eigenvalue weighted by Crippen LogP contribution is -2.11. The number of halogens is 1. The predicted octanol–water partition coefficient (Wildman–Crippen LogP) is 2.14. The smallest absolute Gasteiger partial charge is 0.160 e. The van der Waals surface area contributed by atoms with Crippen LogP contribution in [0.15, 0.2) is 12.3 Å². The molecule has 6 heteroatoms. The Bertz CT molecular complexity index is 542. The zero-order chi connectivity index (χ0) is 13.7. The fourth-order valence-electron chi connectivity index (χ4n) is 1.92. The Morgan fingerprint density at radius 2 is 2.16 bits per heavy atom. The van der Waals surface area contributed by atoms with E-state index in [2.05, 4.69) is 9.97 Å². The average molecular weight is 284 g/mol. The van der Waals surface area contributed by atoms with Gasteiger partial charge in [0.25, 0.3) is 0 Å². The van der Waals surface area contributed by atoms with E-state index < -0.39 is 0 Å². The highest BCUT2D eigenvalue weighted by atomic mass is 35.5. The third kappa shape index (κ3) is 3.23. The number of rotatable bonds is 7. The molecule has 0 bridgehead atoms. The Hall–Kier alpha value is -1.17. The first kappa shape index (κ1) is 14.2. The summed E-state index contributed by atoms with van der Waals surface area (Å²) >= 11 is 5.95. The van der Waals surface area contributed by atoms with Gasteiger partial charge in [0.2, 0.25) is 0 Å². The van der Waals surface area contributed by atoms with Crippen molar-refractivity contribution in [3.63, 3.8) is 0 Å². The molecular formula is C13H18ClN3O2. The van der Waals surface area contributed by atoms with Crippen LogP contribution in [0.1, 0.15) is 11.4 Å².